The van der Waals surface area contributed by atoms with Gasteiger partial charge >= 0.3 is 5.97 Å². The predicted octanol–water partition coefficient (Wildman–Crippen LogP) is 0.703. The van der Waals surface area contributed by atoms with E-state index in [4.69, 9.17) is 9.84 Å². The molecule has 0 aliphatic rings. The quantitative estimate of drug-likeness (QED) is 0.726. The summed E-state index contributed by atoms with van der Waals surface area (Å²) in [6, 6.07) is 5.09. The molecule has 0 aliphatic carbocycles. The van der Waals surface area contributed by atoms with Crippen molar-refractivity contribution >= 4 is 21.7 Å². The first-order chi connectivity index (χ1) is 10.3. The van der Waals surface area contributed by atoms with E-state index in [-0.39, 0.29) is 23.5 Å². The Morgan fingerprint density at radius 2 is 1.95 bits per heavy atom. The third-order valence-electron chi connectivity index (χ3n) is 3.11. The van der Waals surface area contributed by atoms with Crippen molar-refractivity contribution in [2.24, 2.45) is 0 Å². The molecule has 2 N–H and O–H groups in total. The van der Waals surface area contributed by atoms with E-state index in [2.05, 4.69) is 5.32 Å². The zero-order valence-electron chi connectivity index (χ0n) is 12.4. The number of methoxy groups -OCH3 is 1. The molecule has 1 atom stereocenters. The lowest BCUT2D eigenvalue weighted by Crippen LogP contribution is -2.42. The largest absolute Gasteiger partial charge is 0.496 e. The van der Waals surface area contributed by atoms with Crippen LogP contribution in [0.25, 0.3) is 0 Å². The van der Waals surface area contributed by atoms with E-state index in [0.29, 0.717) is 5.75 Å². The molecule has 0 radical (unpaired) electrons. The number of benzene rings is 1. The molecule has 0 saturated heterocycles. The van der Waals surface area contributed by atoms with Crippen molar-refractivity contribution in [1.82, 2.24) is 5.32 Å². The van der Waals surface area contributed by atoms with Crippen LogP contribution < -0.4 is 10.1 Å². The first-order valence-corrected chi connectivity index (χ1v) is 8.50. The van der Waals surface area contributed by atoms with Gasteiger partial charge in [-0.2, -0.15) is 0 Å². The molecule has 0 bridgehead atoms. The monoisotopic (exact) mass is 329 g/mol. The SMILES string of the molecule is CCS(=O)(=O)CCC(NC(=O)c1ccccc1OC)C(=O)O. The lowest BCUT2D eigenvalue weighted by Gasteiger charge is -2.15. The molecule has 1 rings (SSSR count). The minimum Gasteiger partial charge on any atom is -0.496 e. The van der Waals surface area contributed by atoms with Gasteiger partial charge in [0, 0.05) is 5.75 Å². The lowest BCUT2D eigenvalue weighted by atomic mass is 10.1. The van der Waals surface area contributed by atoms with Gasteiger partial charge in [0.25, 0.3) is 5.91 Å². The Balaban J connectivity index is 2.83. The van der Waals surface area contributed by atoms with E-state index < -0.39 is 27.8 Å². The molecular weight excluding hydrogens is 310 g/mol. The average molecular weight is 329 g/mol. The van der Waals surface area contributed by atoms with Crippen molar-refractivity contribution in [3.63, 3.8) is 0 Å². The number of para-hydroxylation sites is 1. The Morgan fingerprint density at radius 3 is 2.50 bits per heavy atom. The Labute approximate surface area is 129 Å². The molecule has 1 unspecified atom stereocenters. The minimum absolute atomic E-state index is 0.0696. The van der Waals surface area contributed by atoms with Crippen molar-refractivity contribution < 1.29 is 27.9 Å². The molecule has 22 heavy (non-hydrogen) atoms. The van der Waals surface area contributed by atoms with Crippen molar-refractivity contribution in [1.29, 1.82) is 0 Å². The minimum atomic E-state index is -3.30. The molecule has 0 spiro atoms. The summed E-state index contributed by atoms with van der Waals surface area (Å²) in [6.45, 7) is 1.48. The van der Waals surface area contributed by atoms with Gasteiger partial charge in [-0.05, 0) is 18.6 Å². The number of aliphatic carboxylic acids is 1. The normalized spacial score (nSPS) is 12.5. The summed E-state index contributed by atoms with van der Waals surface area (Å²) in [7, 11) is -1.90. The highest BCUT2D eigenvalue weighted by atomic mass is 32.2. The molecule has 0 saturated carbocycles. The maximum absolute atomic E-state index is 12.1. The van der Waals surface area contributed by atoms with Crippen molar-refractivity contribution in [3.05, 3.63) is 29.8 Å². The van der Waals surface area contributed by atoms with Gasteiger partial charge in [0.1, 0.15) is 21.6 Å². The van der Waals surface area contributed by atoms with Gasteiger partial charge in [-0.15, -0.1) is 0 Å². The average Bonchev–Trinajstić information content (AvgIpc) is 2.50. The number of hydrogen-bond donors (Lipinski definition) is 2. The van der Waals surface area contributed by atoms with E-state index in [0.717, 1.165) is 0 Å². The summed E-state index contributed by atoms with van der Waals surface area (Å²) in [5.74, 6) is -1.97. The number of sulfone groups is 1. The number of amides is 1. The van der Waals surface area contributed by atoms with Crippen LogP contribution in [0.15, 0.2) is 24.3 Å². The van der Waals surface area contributed by atoms with Crippen molar-refractivity contribution in [2.75, 3.05) is 18.6 Å². The number of rotatable bonds is 8. The molecule has 0 heterocycles. The molecule has 7 nitrogen and oxygen atoms in total. The topological polar surface area (TPSA) is 110 Å². The maximum Gasteiger partial charge on any atom is 0.326 e. The second-order valence-electron chi connectivity index (χ2n) is 4.59. The Bertz CT molecular complexity index is 640. The van der Waals surface area contributed by atoms with Crippen LogP contribution in [0, 0.1) is 0 Å². The Hall–Kier alpha value is -2.09. The molecule has 0 aliphatic heterocycles. The summed E-state index contributed by atoms with van der Waals surface area (Å²) < 4.78 is 27.9. The fraction of sp³-hybridized carbons (Fsp3) is 0.429. The van der Waals surface area contributed by atoms with Crippen LogP contribution in [0.5, 0.6) is 5.75 Å². The number of ether oxygens (including phenoxy) is 1. The lowest BCUT2D eigenvalue weighted by molar-refractivity contribution is -0.139. The van der Waals surface area contributed by atoms with Crippen LogP contribution in [0.1, 0.15) is 23.7 Å². The van der Waals surface area contributed by atoms with Gasteiger partial charge in [0.05, 0.1) is 18.4 Å². The highest BCUT2D eigenvalue weighted by molar-refractivity contribution is 7.91. The van der Waals surface area contributed by atoms with Crippen LogP contribution >= 0.6 is 0 Å². The molecule has 0 aromatic heterocycles. The molecule has 1 aromatic carbocycles. The van der Waals surface area contributed by atoms with Gasteiger partial charge in [0.15, 0.2) is 0 Å². The Kier molecular flexibility index (Phi) is 6.36. The number of hydrogen-bond acceptors (Lipinski definition) is 5. The second-order valence-corrected chi connectivity index (χ2v) is 7.06. The van der Waals surface area contributed by atoms with E-state index >= 15 is 0 Å². The van der Waals surface area contributed by atoms with Crippen molar-refractivity contribution in [3.8, 4) is 5.75 Å². The summed E-state index contributed by atoms with van der Waals surface area (Å²) in [5.41, 5.74) is 0.189. The van der Waals surface area contributed by atoms with E-state index in [9.17, 15) is 18.0 Å². The number of carboxylic acid groups (broad SMARTS) is 1. The third-order valence-corrected chi connectivity index (χ3v) is 4.85. The zero-order chi connectivity index (χ0) is 16.8. The van der Waals surface area contributed by atoms with Crippen LogP contribution in [0.3, 0.4) is 0 Å². The van der Waals surface area contributed by atoms with E-state index in [1.807, 2.05) is 0 Å². The summed E-state index contributed by atoms with van der Waals surface area (Å²) in [6.07, 6.45) is -0.188. The predicted molar refractivity (Wildman–Crippen MR) is 80.8 cm³/mol. The first kappa shape index (κ1) is 18.0. The molecule has 0 fully saturated rings. The maximum atomic E-state index is 12.1. The number of carbonyl (C=O) groups excluding carboxylic acids is 1. The van der Waals surface area contributed by atoms with Crippen molar-refractivity contribution in [2.45, 2.75) is 19.4 Å². The van der Waals surface area contributed by atoms with Gasteiger partial charge in [-0.25, -0.2) is 13.2 Å². The number of nitrogens with one attached hydrogen (secondary N) is 1. The standard InChI is InChI=1S/C14H19NO6S/c1-3-22(19,20)9-8-11(14(17)18)15-13(16)10-6-4-5-7-12(10)21-2/h4-7,11H,3,8-9H2,1-2H3,(H,15,16)(H,17,18). The summed E-state index contributed by atoms with van der Waals surface area (Å²) in [5, 5.41) is 11.4. The number of carboxylic acids is 1. The third kappa shape index (κ3) is 5.03. The number of carbonyl (C=O) groups is 2. The van der Waals surface area contributed by atoms with Crippen LogP contribution in [-0.2, 0) is 14.6 Å². The molecule has 122 valence electrons. The second kappa shape index (κ2) is 7.79. The first-order valence-electron chi connectivity index (χ1n) is 6.67. The smallest absolute Gasteiger partial charge is 0.326 e. The van der Waals surface area contributed by atoms with Crippen LogP contribution in [0.2, 0.25) is 0 Å². The van der Waals surface area contributed by atoms with Gasteiger partial charge in [-0.3, -0.25) is 4.79 Å². The highest BCUT2D eigenvalue weighted by Crippen LogP contribution is 2.17. The molecule has 1 aromatic rings. The summed E-state index contributed by atoms with van der Waals surface area (Å²) in [4.78, 5) is 23.3. The van der Waals surface area contributed by atoms with E-state index in [1.165, 1.54) is 20.1 Å². The molecule has 1 amide bonds. The van der Waals surface area contributed by atoms with Gasteiger partial charge in [0.2, 0.25) is 0 Å². The van der Waals surface area contributed by atoms with E-state index in [1.54, 1.807) is 18.2 Å². The van der Waals surface area contributed by atoms with Crippen LogP contribution in [0.4, 0.5) is 0 Å². The fourth-order valence-electron chi connectivity index (χ4n) is 1.77. The molecule has 8 heteroatoms. The van der Waals surface area contributed by atoms with Gasteiger partial charge < -0.3 is 15.2 Å². The van der Waals surface area contributed by atoms with Crippen LogP contribution in [-0.4, -0.2) is 50.1 Å². The zero-order valence-corrected chi connectivity index (χ0v) is 13.2. The highest BCUT2D eigenvalue weighted by Gasteiger charge is 2.24. The molecular formula is C14H19NO6S. The fourth-order valence-corrected chi connectivity index (χ4v) is 2.65. The Morgan fingerprint density at radius 1 is 1.32 bits per heavy atom. The van der Waals surface area contributed by atoms with Gasteiger partial charge in [-0.1, -0.05) is 19.1 Å². The summed E-state index contributed by atoms with van der Waals surface area (Å²) >= 11 is 0.